The molecule has 1 fully saturated rings. The van der Waals surface area contributed by atoms with Gasteiger partial charge in [0.2, 0.25) is 15.9 Å². The van der Waals surface area contributed by atoms with Crippen molar-refractivity contribution in [2.75, 3.05) is 13.1 Å². The van der Waals surface area contributed by atoms with E-state index in [-0.39, 0.29) is 17.3 Å². The van der Waals surface area contributed by atoms with E-state index in [1.807, 2.05) is 13.0 Å². The quantitative estimate of drug-likeness (QED) is 0.597. The molecule has 2 aromatic carbocycles. The molecule has 0 saturated carbocycles. The van der Waals surface area contributed by atoms with Crippen molar-refractivity contribution in [1.82, 2.24) is 9.73 Å². The second kappa shape index (κ2) is 8.86. The van der Waals surface area contributed by atoms with Crippen LogP contribution in [0.25, 0.3) is 0 Å². The molecule has 1 N–H and O–H groups in total. The molecule has 3 rings (SSSR count). The first-order chi connectivity index (χ1) is 13.4. The van der Waals surface area contributed by atoms with Gasteiger partial charge < -0.3 is 0 Å². The van der Waals surface area contributed by atoms with Gasteiger partial charge in [0.1, 0.15) is 0 Å². The van der Waals surface area contributed by atoms with Crippen molar-refractivity contribution in [1.29, 1.82) is 0 Å². The fourth-order valence-electron chi connectivity index (χ4n) is 3.08. The number of hydrogen-bond donors (Lipinski definition) is 1. The summed E-state index contributed by atoms with van der Waals surface area (Å²) < 4.78 is 27.1. The van der Waals surface area contributed by atoms with E-state index in [0.717, 1.165) is 11.1 Å². The van der Waals surface area contributed by atoms with Crippen LogP contribution in [0.2, 0.25) is 5.02 Å². The highest BCUT2D eigenvalue weighted by molar-refractivity contribution is 7.89. The molecule has 2 aromatic rings. The highest BCUT2D eigenvalue weighted by Crippen LogP contribution is 2.24. The Morgan fingerprint density at radius 2 is 2.00 bits per heavy atom. The first-order valence-corrected chi connectivity index (χ1v) is 10.8. The molecule has 0 radical (unpaired) electrons. The van der Waals surface area contributed by atoms with Crippen molar-refractivity contribution in [3.8, 4) is 0 Å². The summed E-state index contributed by atoms with van der Waals surface area (Å²) in [5.41, 5.74) is 4.26. The van der Waals surface area contributed by atoms with E-state index < -0.39 is 15.9 Å². The van der Waals surface area contributed by atoms with E-state index >= 15 is 0 Å². The summed E-state index contributed by atoms with van der Waals surface area (Å²) in [4.78, 5) is 12.7. The third-order valence-electron chi connectivity index (χ3n) is 4.65. The van der Waals surface area contributed by atoms with E-state index in [2.05, 4.69) is 10.5 Å². The average molecular weight is 420 g/mol. The molecule has 1 atom stereocenters. The maximum atomic E-state index is 12.8. The van der Waals surface area contributed by atoms with Gasteiger partial charge in [-0.3, -0.25) is 4.79 Å². The van der Waals surface area contributed by atoms with Crippen molar-refractivity contribution in [2.24, 2.45) is 11.0 Å². The van der Waals surface area contributed by atoms with Crippen molar-refractivity contribution in [2.45, 2.75) is 24.7 Å². The zero-order valence-electron chi connectivity index (χ0n) is 15.5. The molecule has 0 aromatic heterocycles. The Morgan fingerprint density at radius 1 is 1.25 bits per heavy atom. The minimum absolute atomic E-state index is 0.148. The Kier molecular flexibility index (Phi) is 6.49. The zero-order valence-corrected chi connectivity index (χ0v) is 17.1. The summed E-state index contributed by atoms with van der Waals surface area (Å²) in [6.45, 7) is 2.46. The second-order valence-electron chi connectivity index (χ2n) is 6.80. The highest BCUT2D eigenvalue weighted by atomic mass is 35.5. The van der Waals surface area contributed by atoms with Crippen LogP contribution < -0.4 is 5.43 Å². The number of sulfonamides is 1. The number of aryl methyl sites for hydroxylation is 1. The zero-order chi connectivity index (χ0) is 20.1. The maximum absolute atomic E-state index is 12.8. The van der Waals surface area contributed by atoms with Crippen LogP contribution in [-0.2, 0) is 14.8 Å². The largest absolute Gasteiger partial charge is 0.273 e. The fraction of sp³-hybridized carbons (Fsp3) is 0.300. The molecule has 6 nitrogen and oxygen atoms in total. The van der Waals surface area contributed by atoms with Gasteiger partial charge in [-0.05, 0) is 49.6 Å². The number of hydrogen-bond acceptors (Lipinski definition) is 4. The van der Waals surface area contributed by atoms with Gasteiger partial charge in [0.15, 0.2) is 0 Å². The summed E-state index contributed by atoms with van der Waals surface area (Å²) in [6.07, 6.45) is 2.76. The average Bonchev–Trinajstić information content (AvgIpc) is 2.68. The van der Waals surface area contributed by atoms with Crippen molar-refractivity contribution in [3.63, 3.8) is 0 Å². The number of hydrazone groups is 1. The SMILES string of the molecule is Cc1ccc(S(=O)(=O)N2CCC[C@@H](C(=O)N/N=C\c3cccc(Cl)c3)C2)cc1. The Bertz CT molecular complexity index is 974. The van der Waals surface area contributed by atoms with Crippen molar-refractivity contribution in [3.05, 3.63) is 64.7 Å². The lowest BCUT2D eigenvalue weighted by Crippen LogP contribution is -2.44. The number of nitrogens with zero attached hydrogens (tertiary/aromatic N) is 2. The summed E-state index contributed by atoms with van der Waals surface area (Å²) >= 11 is 5.91. The first-order valence-electron chi connectivity index (χ1n) is 9.01. The van der Waals surface area contributed by atoms with Gasteiger partial charge in [0.25, 0.3) is 0 Å². The van der Waals surface area contributed by atoms with Crippen LogP contribution in [0.3, 0.4) is 0 Å². The van der Waals surface area contributed by atoms with Crippen LogP contribution >= 0.6 is 11.6 Å². The number of halogens is 1. The minimum Gasteiger partial charge on any atom is -0.273 e. The maximum Gasteiger partial charge on any atom is 0.244 e. The monoisotopic (exact) mass is 419 g/mol. The van der Waals surface area contributed by atoms with Gasteiger partial charge in [-0.25, -0.2) is 13.8 Å². The molecule has 0 bridgehead atoms. The topological polar surface area (TPSA) is 78.8 Å². The molecule has 1 heterocycles. The molecule has 0 spiro atoms. The highest BCUT2D eigenvalue weighted by Gasteiger charge is 2.33. The van der Waals surface area contributed by atoms with E-state index in [0.29, 0.717) is 24.4 Å². The molecule has 8 heteroatoms. The molecule has 1 aliphatic heterocycles. The van der Waals surface area contributed by atoms with Gasteiger partial charge in [0, 0.05) is 18.1 Å². The van der Waals surface area contributed by atoms with E-state index in [4.69, 9.17) is 11.6 Å². The number of piperidine rings is 1. The Morgan fingerprint density at radius 3 is 2.71 bits per heavy atom. The lowest BCUT2D eigenvalue weighted by atomic mass is 9.99. The Labute approximate surface area is 170 Å². The summed E-state index contributed by atoms with van der Waals surface area (Å²) in [6, 6.07) is 13.8. The number of rotatable bonds is 5. The van der Waals surface area contributed by atoms with Crippen LogP contribution in [0, 0.1) is 12.8 Å². The molecule has 0 unspecified atom stereocenters. The van der Waals surface area contributed by atoms with Crippen LogP contribution in [0.1, 0.15) is 24.0 Å². The number of benzene rings is 2. The third kappa shape index (κ3) is 4.98. The van der Waals surface area contributed by atoms with Gasteiger partial charge >= 0.3 is 0 Å². The second-order valence-corrected chi connectivity index (χ2v) is 9.18. The molecule has 0 aliphatic carbocycles. The van der Waals surface area contributed by atoms with Gasteiger partial charge in [-0.2, -0.15) is 9.41 Å². The first kappa shape index (κ1) is 20.5. The standard InChI is InChI=1S/C20H22ClN3O3S/c1-15-7-9-19(10-8-15)28(26,27)24-11-3-5-17(14-24)20(25)23-22-13-16-4-2-6-18(21)12-16/h2,4,6-10,12-13,17H,3,5,11,14H2,1H3,(H,23,25)/b22-13-/t17-/m1/s1. The number of amides is 1. The summed E-state index contributed by atoms with van der Waals surface area (Å²) in [5.74, 6) is -0.729. The molecule has 1 saturated heterocycles. The molecular weight excluding hydrogens is 398 g/mol. The smallest absolute Gasteiger partial charge is 0.244 e. The molecule has 1 amide bonds. The van der Waals surface area contributed by atoms with E-state index in [9.17, 15) is 13.2 Å². The van der Waals surface area contributed by atoms with E-state index in [1.54, 1.807) is 42.5 Å². The molecule has 28 heavy (non-hydrogen) atoms. The van der Waals surface area contributed by atoms with Crippen molar-refractivity contribution >= 4 is 33.7 Å². The minimum atomic E-state index is -3.61. The van der Waals surface area contributed by atoms with Crippen LogP contribution in [0.5, 0.6) is 0 Å². The predicted octanol–water partition coefficient (Wildman–Crippen LogP) is 3.20. The van der Waals surface area contributed by atoms with Gasteiger partial charge in [-0.15, -0.1) is 0 Å². The van der Waals surface area contributed by atoms with Crippen molar-refractivity contribution < 1.29 is 13.2 Å². The van der Waals surface area contributed by atoms with Crippen LogP contribution in [0.4, 0.5) is 0 Å². The van der Waals surface area contributed by atoms with E-state index in [1.165, 1.54) is 10.5 Å². The lowest BCUT2D eigenvalue weighted by molar-refractivity contribution is -0.126. The fourth-order valence-corrected chi connectivity index (χ4v) is 4.81. The molecular formula is C20H22ClN3O3S. The van der Waals surface area contributed by atoms with Crippen LogP contribution in [0.15, 0.2) is 58.5 Å². The normalized spacial score (nSPS) is 18.3. The lowest BCUT2D eigenvalue weighted by Gasteiger charge is -2.30. The molecule has 148 valence electrons. The number of carbonyl (C=O) groups excluding carboxylic acids is 1. The summed E-state index contributed by atoms with van der Waals surface area (Å²) in [7, 11) is -3.61. The van der Waals surface area contributed by atoms with Gasteiger partial charge in [0.05, 0.1) is 17.0 Å². The number of carbonyl (C=O) groups is 1. The van der Waals surface area contributed by atoms with Gasteiger partial charge in [-0.1, -0.05) is 41.4 Å². The Hall–Kier alpha value is -2.22. The Balaban J connectivity index is 1.64. The number of nitrogens with one attached hydrogen (secondary N) is 1. The molecule has 1 aliphatic rings. The third-order valence-corrected chi connectivity index (χ3v) is 6.77. The van der Waals surface area contributed by atoms with Crippen LogP contribution in [-0.4, -0.2) is 37.9 Å². The predicted molar refractivity (Wildman–Crippen MR) is 110 cm³/mol. The summed E-state index contributed by atoms with van der Waals surface area (Å²) in [5, 5.41) is 4.54.